The zero-order valence-electron chi connectivity index (χ0n) is 15.1. The third-order valence-corrected chi connectivity index (χ3v) is 5.63. The highest BCUT2D eigenvalue weighted by Crippen LogP contribution is 2.12. The topological polar surface area (TPSA) is 52.6 Å². The van der Waals surface area contributed by atoms with Crippen LogP contribution in [0.2, 0.25) is 0 Å². The van der Waals surface area contributed by atoms with Crippen LogP contribution in [0.5, 0.6) is 0 Å². The second kappa shape index (κ2) is 8.96. The predicted octanol–water partition coefficient (Wildman–Crippen LogP) is 2.25. The highest BCUT2D eigenvalue weighted by Gasteiger charge is 2.29. The molecule has 1 saturated heterocycles. The van der Waals surface area contributed by atoms with E-state index in [-0.39, 0.29) is 11.8 Å². The first-order valence-electron chi connectivity index (χ1n) is 9.07. The summed E-state index contributed by atoms with van der Waals surface area (Å²) in [5, 5.41) is 4.82. The van der Waals surface area contributed by atoms with E-state index in [0.717, 1.165) is 25.2 Å². The van der Waals surface area contributed by atoms with Crippen molar-refractivity contribution in [3.8, 4) is 0 Å². The molecular formula is C20H25N3O2S. The molecule has 1 atom stereocenters. The van der Waals surface area contributed by atoms with Crippen LogP contribution in [0.1, 0.15) is 22.2 Å². The van der Waals surface area contributed by atoms with Gasteiger partial charge in [-0.1, -0.05) is 43.3 Å². The third-order valence-electron chi connectivity index (χ3n) is 4.76. The molecule has 2 aromatic rings. The summed E-state index contributed by atoms with van der Waals surface area (Å²) in [6.45, 7) is 6.35. The van der Waals surface area contributed by atoms with Crippen molar-refractivity contribution < 1.29 is 9.59 Å². The van der Waals surface area contributed by atoms with Gasteiger partial charge < -0.3 is 15.1 Å². The van der Waals surface area contributed by atoms with Gasteiger partial charge in [0.1, 0.15) is 6.04 Å². The van der Waals surface area contributed by atoms with Gasteiger partial charge in [0, 0.05) is 32.6 Å². The second-order valence-electron chi connectivity index (χ2n) is 6.45. The number of hydrogen-bond acceptors (Lipinski definition) is 4. The number of likely N-dealkylation sites (N-methyl/N-ethyl adjacent to an activating group) is 1. The molecule has 1 fully saturated rings. The summed E-state index contributed by atoms with van der Waals surface area (Å²) < 4.78 is 0. The fourth-order valence-electron chi connectivity index (χ4n) is 3.19. The Balaban J connectivity index is 1.71. The fraction of sp³-hybridized carbons (Fsp3) is 0.400. The Labute approximate surface area is 158 Å². The number of amides is 2. The van der Waals surface area contributed by atoms with Crippen molar-refractivity contribution in [2.24, 2.45) is 0 Å². The summed E-state index contributed by atoms with van der Waals surface area (Å²) in [6, 6.07) is 12.9. The molecule has 26 heavy (non-hydrogen) atoms. The largest absolute Gasteiger partial charge is 0.339 e. The normalized spacial score (nSPS) is 16.3. The maximum absolute atomic E-state index is 13.1. The molecule has 6 heteroatoms. The first-order valence-corrected chi connectivity index (χ1v) is 9.94. The van der Waals surface area contributed by atoms with Gasteiger partial charge in [-0.25, -0.2) is 0 Å². The molecule has 0 bridgehead atoms. The molecule has 1 aromatic carbocycles. The number of hydrogen-bond donors (Lipinski definition) is 1. The Morgan fingerprint density at radius 1 is 1.08 bits per heavy atom. The van der Waals surface area contributed by atoms with Gasteiger partial charge in [0.15, 0.2) is 0 Å². The lowest BCUT2D eigenvalue weighted by Gasteiger charge is -2.36. The van der Waals surface area contributed by atoms with Gasteiger partial charge >= 0.3 is 0 Å². The van der Waals surface area contributed by atoms with E-state index in [0.29, 0.717) is 24.4 Å². The predicted molar refractivity (Wildman–Crippen MR) is 104 cm³/mol. The molecule has 1 aliphatic rings. The molecule has 138 valence electrons. The molecule has 1 aromatic heterocycles. The van der Waals surface area contributed by atoms with Gasteiger partial charge in [-0.2, -0.15) is 0 Å². The number of carbonyl (C=O) groups is 2. The first-order chi connectivity index (χ1) is 12.7. The van der Waals surface area contributed by atoms with Crippen molar-refractivity contribution >= 4 is 23.2 Å². The first kappa shape index (κ1) is 18.6. The summed E-state index contributed by atoms with van der Waals surface area (Å²) in [5.74, 6) is -0.170. The molecule has 2 amide bonds. The Kier molecular flexibility index (Phi) is 6.41. The van der Waals surface area contributed by atoms with Crippen molar-refractivity contribution in [1.29, 1.82) is 0 Å². The van der Waals surface area contributed by atoms with Gasteiger partial charge in [0.05, 0.1) is 4.88 Å². The number of nitrogens with zero attached hydrogens (tertiary/aromatic N) is 2. The number of benzene rings is 1. The van der Waals surface area contributed by atoms with E-state index in [9.17, 15) is 9.59 Å². The van der Waals surface area contributed by atoms with Gasteiger partial charge in [-0.05, 0) is 23.6 Å². The standard InChI is InChI=1S/C20H25N3O2S/c1-2-22-10-12-23(13-11-22)20(25)17(15-16-7-4-3-5-8-16)21-19(24)18-9-6-14-26-18/h3-9,14,17H,2,10-13,15H2,1H3,(H,21,24)/t17-/m0/s1. The van der Waals surface area contributed by atoms with E-state index >= 15 is 0 Å². The van der Waals surface area contributed by atoms with Gasteiger partial charge in [-0.3, -0.25) is 9.59 Å². The number of carbonyl (C=O) groups excluding carboxylic acids is 2. The lowest BCUT2D eigenvalue weighted by molar-refractivity contribution is -0.135. The average molecular weight is 372 g/mol. The minimum Gasteiger partial charge on any atom is -0.339 e. The van der Waals surface area contributed by atoms with Crippen LogP contribution in [0.4, 0.5) is 0 Å². The molecule has 1 N–H and O–H groups in total. The summed E-state index contributed by atoms with van der Waals surface area (Å²) in [6.07, 6.45) is 0.505. The van der Waals surface area contributed by atoms with Crippen LogP contribution in [0.15, 0.2) is 47.8 Å². The smallest absolute Gasteiger partial charge is 0.262 e. The molecular weight excluding hydrogens is 346 g/mol. The van der Waals surface area contributed by atoms with E-state index in [1.807, 2.05) is 46.7 Å². The van der Waals surface area contributed by atoms with Crippen molar-refractivity contribution in [1.82, 2.24) is 15.1 Å². The zero-order valence-corrected chi connectivity index (χ0v) is 15.9. The van der Waals surface area contributed by atoms with E-state index in [1.165, 1.54) is 11.3 Å². The average Bonchev–Trinajstić information content (AvgIpc) is 3.23. The SMILES string of the molecule is CCN1CCN(C(=O)[C@H](Cc2ccccc2)NC(=O)c2cccs2)CC1. The van der Waals surface area contributed by atoms with Crippen LogP contribution in [-0.4, -0.2) is 60.4 Å². The van der Waals surface area contributed by atoms with E-state index in [1.54, 1.807) is 6.07 Å². The van der Waals surface area contributed by atoms with Crippen LogP contribution in [0, 0.1) is 0 Å². The Morgan fingerprint density at radius 3 is 2.42 bits per heavy atom. The number of rotatable bonds is 6. The summed E-state index contributed by atoms with van der Waals surface area (Å²) in [4.78, 5) is 30.5. The molecule has 5 nitrogen and oxygen atoms in total. The molecule has 1 aliphatic heterocycles. The van der Waals surface area contributed by atoms with Crippen molar-refractivity contribution in [2.45, 2.75) is 19.4 Å². The van der Waals surface area contributed by atoms with Gasteiger partial charge in [0.2, 0.25) is 5.91 Å². The number of nitrogens with one attached hydrogen (secondary N) is 1. The number of thiophene rings is 1. The molecule has 0 radical (unpaired) electrons. The second-order valence-corrected chi connectivity index (χ2v) is 7.40. The molecule has 0 aliphatic carbocycles. The van der Waals surface area contributed by atoms with Crippen LogP contribution in [0.25, 0.3) is 0 Å². The fourth-order valence-corrected chi connectivity index (χ4v) is 3.82. The van der Waals surface area contributed by atoms with Crippen LogP contribution >= 0.6 is 11.3 Å². The maximum Gasteiger partial charge on any atom is 0.262 e. The van der Waals surface area contributed by atoms with Crippen LogP contribution in [0.3, 0.4) is 0 Å². The van der Waals surface area contributed by atoms with Gasteiger partial charge in [0.25, 0.3) is 5.91 Å². The molecule has 3 rings (SSSR count). The van der Waals surface area contributed by atoms with Gasteiger partial charge in [-0.15, -0.1) is 11.3 Å². The Morgan fingerprint density at radius 2 is 1.81 bits per heavy atom. The Hall–Kier alpha value is -2.18. The Bertz CT molecular complexity index is 710. The van der Waals surface area contributed by atoms with E-state index < -0.39 is 6.04 Å². The van der Waals surface area contributed by atoms with E-state index in [4.69, 9.17) is 0 Å². The lowest BCUT2D eigenvalue weighted by atomic mass is 10.0. The quantitative estimate of drug-likeness (QED) is 0.847. The zero-order chi connectivity index (χ0) is 18.4. The van der Waals surface area contributed by atoms with Crippen molar-refractivity contribution in [3.63, 3.8) is 0 Å². The highest BCUT2D eigenvalue weighted by atomic mass is 32.1. The van der Waals surface area contributed by atoms with Crippen molar-refractivity contribution in [3.05, 3.63) is 58.3 Å². The van der Waals surface area contributed by atoms with Crippen LogP contribution < -0.4 is 5.32 Å². The van der Waals surface area contributed by atoms with E-state index in [2.05, 4.69) is 17.1 Å². The molecule has 2 heterocycles. The minimum atomic E-state index is -0.542. The number of piperazine rings is 1. The molecule has 0 unspecified atom stereocenters. The highest BCUT2D eigenvalue weighted by molar-refractivity contribution is 7.12. The maximum atomic E-state index is 13.1. The minimum absolute atomic E-state index is 0.00881. The summed E-state index contributed by atoms with van der Waals surface area (Å²) in [7, 11) is 0. The summed E-state index contributed by atoms with van der Waals surface area (Å²) in [5.41, 5.74) is 1.05. The third kappa shape index (κ3) is 4.71. The monoisotopic (exact) mass is 371 g/mol. The molecule has 0 spiro atoms. The summed E-state index contributed by atoms with van der Waals surface area (Å²) >= 11 is 1.39. The molecule has 0 saturated carbocycles. The lowest BCUT2D eigenvalue weighted by Crippen LogP contribution is -2.55. The van der Waals surface area contributed by atoms with Crippen molar-refractivity contribution in [2.75, 3.05) is 32.7 Å². The van der Waals surface area contributed by atoms with Crippen LogP contribution in [-0.2, 0) is 11.2 Å².